The lowest BCUT2D eigenvalue weighted by molar-refractivity contribution is -0.123. The quantitative estimate of drug-likeness (QED) is 0.742. The number of anilines is 1. The first-order chi connectivity index (χ1) is 15.0. The van der Waals surface area contributed by atoms with Crippen LogP contribution < -0.4 is 19.7 Å². The SMILES string of the molecule is CC(C)[C@@H](NC(=O)CN1CCN(c2ccccc2O)CC1)c1ccc2c(c1)OCCO2. The van der Waals surface area contributed by atoms with Crippen molar-refractivity contribution in [2.24, 2.45) is 5.92 Å². The predicted octanol–water partition coefficient (Wildman–Crippen LogP) is 2.80. The number of aromatic hydroxyl groups is 1. The zero-order chi connectivity index (χ0) is 21.8. The van der Waals surface area contributed by atoms with Crippen LogP contribution in [0.25, 0.3) is 0 Å². The first-order valence-electron chi connectivity index (χ1n) is 11.0. The minimum atomic E-state index is -0.0918. The van der Waals surface area contributed by atoms with Gasteiger partial charge in [0, 0.05) is 26.2 Å². The van der Waals surface area contributed by atoms with E-state index in [0.717, 1.165) is 48.9 Å². The third-order valence-corrected chi connectivity index (χ3v) is 5.87. The van der Waals surface area contributed by atoms with E-state index < -0.39 is 0 Å². The normalized spacial score (nSPS) is 17.5. The molecule has 2 aliphatic rings. The Bertz CT molecular complexity index is 909. The molecule has 0 aliphatic carbocycles. The molecule has 2 aromatic carbocycles. The summed E-state index contributed by atoms with van der Waals surface area (Å²) in [6.07, 6.45) is 0. The first kappa shape index (κ1) is 21.3. The van der Waals surface area contributed by atoms with Gasteiger partial charge in [0.05, 0.1) is 18.3 Å². The summed E-state index contributed by atoms with van der Waals surface area (Å²) in [4.78, 5) is 17.2. The number of piperazine rings is 1. The van der Waals surface area contributed by atoms with Gasteiger partial charge in [0.2, 0.25) is 5.91 Å². The van der Waals surface area contributed by atoms with Gasteiger partial charge in [-0.25, -0.2) is 0 Å². The van der Waals surface area contributed by atoms with Gasteiger partial charge < -0.3 is 24.8 Å². The molecule has 4 rings (SSSR count). The van der Waals surface area contributed by atoms with Crippen molar-refractivity contribution in [2.45, 2.75) is 19.9 Å². The highest BCUT2D eigenvalue weighted by molar-refractivity contribution is 5.78. The van der Waals surface area contributed by atoms with Gasteiger partial charge in [-0.05, 0) is 35.7 Å². The van der Waals surface area contributed by atoms with Crippen LogP contribution in [0, 0.1) is 5.92 Å². The van der Waals surface area contributed by atoms with Gasteiger partial charge in [0.25, 0.3) is 0 Å². The van der Waals surface area contributed by atoms with Crippen LogP contribution in [0.15, 0.2) is 42.5 Å². The molecule has 1 amide bonds. The molecule has 2 N–H and O–H groups in total. The van der Waals surface area contributed by atoms with Crippen molar-refractivity contribution < 1.29 is 19.4 Å². The second-order valence-corrected chi connectivity index (χ2v) is 8.44. The van der Waals surface area contributed by atoms with Gasteiger partial charge in [-0.1, -0.05) is 32.0 Å². The van der Waals surface area contributed by atoms with Crippen molar-refractivity contribution >= 4 is 11.6 Å². The van der Waals surface area contributed by atoms with E-state index in [0.29, 0.717) is 25.5 Å². The van der Waals surface area contributed by atoms with Gasteiger partial charge in [0.15, 0.2) is 11.5 Å². The van der Waals surface area contributed by atoms with Crippen molar-refractivity contribution in [3.8, 4) is 17.2 Å². The fourth-order valence-electron chi connectivity index (χ4n) is 4.19. The molecule has 31 heavy (non-hydrogen) atoms. The number of phenolic OH excluding ortho intramolecular Hbond substituents is 1. The molecule has 7 heteroatoms. The minimum absolute atomic E-state index is 0.0181. The van der Waals surface area contributed by atoms with E-state index in [1.54, 1.807) is 6.07 Å². The summed E-state index contributed by atoms with van der Waals surface area (Å²) in [5, 5.41) is 13.3. The van der Waals surface area contributed by atoms with Gasteiger partial charge in [-0.2, -0.15) is 0 Å². The molecule has 0 saturated carbocycles. The molecule has 1 fully saturated rings. The molecule has 2 heterocycles. The number of carbonyl (C=O) groups excluding carboxylic acids is 1. The lowest BCUT2D eigenvalue weighted by Crippen LogP contribution is -2.50. The van der Waals surface area contributed by atoms with Crippen molar-refractivity contribution in [3.05, 3.63) is 48.0 Å². The highest BCUT2D eigenvalue weighted by atomic mass is 16.6. The highest BCUT2D eigenvalue weighted by Crippen LogP contribution is 2.34. The molecule has 2 aromatic rings. The molecule has 0 aromatic heterocycles. The van der Waals surface area contributed by atoms with Crippen LogP contribution in [-0.2, 0) is 4.79 Å². The van der Waals surface area contributed by atoms with Crippen LogP contribution in [0.5, 0.6) is 17.2 Å². The Morgan fingerprint density at radius 1 is 1.03 bits per heavy atom. The molecule has 0 spiro atoms. The summed E-state index contributed by atoms with van der Waals surface area (Å²) in [5.74, 6) is 2.05. The van der Waals surface area contributed by atoms with E-state index in [-0.39, 0.29) is 17.9 Å². The van der Waals surface area contributed by atoms with Crippen molar-refractivity contribution in [1.29, 1.82) is 0 Å². The number of nitrogens with zero attached hydrogens (tertiary/aromatic N) is 2. The summed E-state index contributed by atoms with van der Waals surface area (Å²) < 4.78 is 11.3. The van der Waals surface area contributed by atoms with Crippen LogP contribution in [0.1, 0.15) is 25.5 Å². The zero-order valence-corrected chi connectivity index (χ0v) is 18.2. The second kappa shape index (κ2) is 9.47. The molecule has 166 valence electrons. The number of para-hydroxylation sites is 2. The molecule has 2 aliphatic heterocycles. The fourth-order valence-corrected chi connectivity index (χ4v) is 4.19. The van der Waals surface area contributed by atoms with E-state index in [2.05, 4.69) is 29.0 Å². The summed E-state index contributed by atoms with van der Waals surface area (Å²) in [5.41, 5.74) is 1.88. The summed E-state index contributed by atoms with van der Waals surface area (Å²) in [6, 6.07) is 13.2. The maximum absolute atomic E-state index is 12.8. The molecule has 0 bridgehead atoms. The zero-order valence-electron chi connectivity index (χ0n) is 18.2. The largest absolute Gasteiger partial charge is 0.506 e. The number of benzene rings is 2. The number of phenols is 1. The number of ether oxygens (including phenoxy) is 2. The molecule has 0 unspecified atom stereocenters. The average molecular weight is 426 g/mol. The first-order valence-corrected chi connectivity index (χ1v) is 11.0. The number of fused-ring (bicyclic) bond motifs is 1. The van der Waals surface area contributed by atoms with E-state index in [1.807, 2.05) is 36.4 Å². The Hall–Kier alpha value is -2.93. The third kappa shape index (κ3) is 5.05. The summed E-state index contributed by atoms with van der Waals surface area (Å²) in [7, 11) is 0. The van der Waals surface area contributed by atoms with E-state index >= 15 is 0 Å². The lowest BCUT2D eigenvalue weighted by Gasteiger charge is -2.36. The van der Waals surface area contributed by atoms with E-state index in [1.165, 1.54) is 0 Å². The average Bonchev–Trinajstić information content (AvgIpc) is 2.78. The summed E-state index contributed by atoms with van der Waals surface area (Å²) >= 11 is 0. The van der Waals surface area contributed by atoms with Crippen LogP contribution in [-0.4, -0.2) is 61.9 Å². The predicted molar refractivity (Wildman–Crippen MR) is 120 cm³/mol. The topological polar surface area (TPSA) is 74.3 Å². The fraction of sp³-hybridized carbons (Fsp3) is 0.458. The van der Waals surface area contributed by atoms with Crippen LogP contribution >= 0.6 is 0 Å². The molecular formula is C24H31N3O4. The number of hydrogen-bond acceptors (Lipinski definition) is 6. The van der Waals surface area contributed by atoms with Crippen molar-refractivity contribution in [1.82, 2.24) is 10.2 Å². The maximum atomic E-state index is 12.8. The Morgan fingerprint density at radius 2 is 1.74 bits per heavy atom. The third-order valence-electron chi connectivity index (χ3n) is 5.87. The Balaban J connectivity index is 1.33. The van der Waals surface area contributed by atoms with Gasteiger partial charge in [0.1, 0.15) is 19.0 Å². The standard InChI is InChI=1S/C24H31N3O4/c1-17(2)24(18-7-8-21-22(15-18)31-14-13-30-21)25-23(29)16-26-9-11-27(12-10-26)19-5-3-4-6-20(19)28/h3-8,15,17,24,28H,9-14,16H2,1-2H3,(H,25,29)/t24-/m1/s1. The molecule has 1 atom stereocenters. The van der Waals surface area contributed by atoms with Crippen LogP contribution in [0.2, 0.25) is 0 Å². The van der Waals surface area contributed by atoms with E-state index in [9.17, 15) is 9.90 Å². The molecule has 1 saturated heterocycles. The number of carbonyl (C=O) groups is 1. The highest BCUT2D eigenvalue weighted by Gasteiger charge is 2.24. The Kier molecular flexibility index (Phi) is 6.51. The van der Waals surface area contributed by atoms with Gasteiger partial charge in [-0.15, -0.1) is 0 Å². The Labute approximate surface area is 183 Å². The Morgan fingerprint density at radius 3 is 2.45 bits per heavy atom. The molecular weight excluding hydrogens is 394 g/mol. The lowest BCUT2D eigenvalue weighted by atomic mass is 9.95. The maximum Gasteiger partial charge on any atom is 0.234 e. The smallest absolute Gasteiger partial charge is 0.234 e. The van der Waals surface area contributed by atoms with Gasteiger partial charge >= 0.3 is 0 Å². The molecule has 7 nitrogen and oxygen atoms in total. The number of rotatable bonds is 6. The monoisotopic (exact) mass is 425 g/mol. The molecule has 0 radical (unpaired) electrons. The van der Waals surface area contributed by atoms with Crippen LogP contribution in [0.4, 0.5) is 5.69 Å². The second-order valence-electron chi connectivity index (χ2n) is 8.44. The van der Waals surface area contributed by atoms with E-state index in [4.69, 9.17) is 9.47 Å². The van der Waals surface area contributed by atoms with Gasteiger partial charge in [-0.3, -0.25) is 9.69 Å². The minimum Gasteiger partial charge on any atom is -0.506 e. The summed E-state index contributed by atoms with van der Waals surface area (Å²) in [6.45, 7) is 8.79. The number of nitrogens with one attached hydrogen (secondary N) is 1. The number of amides is 1. The van der Waals surface area contributed by atoms with Crippen LogP contribution in [0.3, 0.4) is 0 Å². The van der Waals surface area contributed by atoms with Crippen molar-refractivity contribution in [3.63, 3.8) is 0 Å². The van der Waals surface area contributed by atoms with Crippen molar-refractivity contribution in [2.75, 3.05) is 50.8 Å². The number of hydrogen-bond donors (Lipinski definition) is 2.